The van der Waals surface area contributed by atoms with Gasteiger partial charge in [0.1, 0.15) is 6.10 Å². The predicted octanol–water partition coefficient (Wildman–Crippen LogP) is 3.29. The Balaban J connectivity index is 2.13. The van der Waals surface area contributed by atoms with Crippen molar-refractivity contribution in [1.29, 1.82) is 0 Å². The molecule has 0 saturated carbocycles. The van der Waals surface area contributed by atoms with Crippen LogP contribution in [0.1, 0.15) is 42.0 Å². The average Bonchev–Trinajstić information content (AvgIpc) is 2.95. The van der Waals surface area contributed by atoms with Crippen LogP contribution in [0.5, 0.6) is 0 Å². The molecule has 3 aromatic rings. The lowest BCUT2D eigenvalue weighted by Crippen LogP contribution is -2.04. The van der Waals surface area contributed by atoms with Crippen molar-refractivity contribution in [2.45, 2.75) is 25.9 Å². The van der Waals surface area contributed by atoms with Gasteiger partial charge in [-0.25, -0.2) is 0 Å². The van der Waals surface area contributed by atoms with Crippen LogP contribution in [0, 0.1) is 0 Å². The lowest BCUT2D eigenvalue weighted by atomic mass is 9.99. The average molecular weight is 285 g/mol. The molecule has 0 spiro atoms. The summed E-state index contributed by atoms with van der Waals surface area (Å²) in [7, 11) is 0. The Bertz CT molecular complexity index is 733. The fraction of sp³-hybridized carbons (Fsp3) is 0.267. The zero-order valence-electron chi connectivity index (χ0n) is 11.3. The topological polar surface area (TPSA) is 58.9 Å². The third kappa shape index (κ3) is 2.19. The molecule has 20 heavy (non-hydrogen) atoms. The molecule has 5 heteroatoms. The van der Waals surface area contributed by atoms with Crippen molar-refractivity contribution in [1.82, 2.24) is 14.6 Å². The molecule has 0 fully saturated rings. The predicted molar refractivity (Wildman–Crippen MR) is 79.8 cm³/mol. The summed E-state index contributed by atoms with van der Waals surface area (Å²) in [5.74, 6) is 0.237. The number of hydrogen-bond donors (Lipinski definition) is 1. The van der Waals surface area contributed by atoms with E-state index in [1.165, 1.54) is 11.5 Å². The number of hydrogen-bond acceptors (Lipinski definition) is 5. The van der Waals surface area contributed by atoms with E-state index in [1.54, 1.807) is 12.4 Å². The van der Waals surface area contributed by atoms with Crippen molar-refractivity contribution >= 4 is 22.3 Å². The van der Waals surface area contributed by atoms with Crippen LogP contribution in [0.15, 0.2) is 36.7 Å². The van der Waals surface area contributed by atoms with Crippen LogP contribution < -0.4 is 0 Å². The fourth-order valence-electron chi connectivity index (χ4n) is 2.29. The van der Waals surface area contributed by atoms with Gasteiger partial charge in [0.05, 0.1) is 10.6 Å². The molecule has 0 radical (unpaired) electrons. The van der Waals surface area contributed by atoms with Gasteiger partial charge in [0, 0.05) is 23.3 Å². The lowest BCUT2D eigenvalue weighted by molar-refractivity contribution is 0.223. The Morgan fingerprint density at radius 2 is 1.95 bits per heavy atom. The summed E-state index contributed by atoms with van der Waals surface area (Å²) < 4.78 is 3.98. The highest BCUT2D eigenvalue weighted by Crippen LogP contribution is 2.33. The SMILES string of the molecule is CC(C)c1nnsc1C(O)c1cncc2ccccc12. The summed E-state index contributed by atoms with van der Waals surface area (Å²) in [4.78, 5) is 5.03. The molecule has 4 nitrogen and oxygen atoms in total. The van der Waals surface area contributed by atoms with E-state index in [-0.39, 0.29) is 5.92 Å². The molecule has 0 saturated heterocycles. The highest BCUT2D eigenvalue weighted by atomic mass is 32.1. The van der Waals surface area contributed by atoms with Crippen LogP contribution in [-0.4, -0.2) is 19.7 Å². The summed E-state index contributed by atoms with van der Waals surface area (Å²) >= 11 is 1.25. The van der Waals surface area contributed by atoms with Gasteiger partial charge in [-0.3, -0.25) is 4.98 Å². The maximum Gasteiger partial charge on any atom is 0.119 e. The van der Waals surface area contributed by atoms with Gasteiger partial charge in [-0.15, -0.1) is 5.10 Å². The second kappa shape index (κ2) is 5.26. The summed E-state index contributed by atoms with van der Waals surface area (Å²) in [5, 5.41) is 16.9. The molecule has 1 N–H and O–H groups in total. The Kier molecular flexibility index (Phi) is 3.46. The van der Waals surface area contributed by atoms with Crippen LogP contribution >= 0.6 is 11.5 Å². The van der Waals surface area contributed by atoms with Crippen LogP contribution in [0.25, 0.3) is 10.8 Å². The van der Waals surface area contributed by atoms with Gasteiger partial charge in [-0.2, -0.15) is 0 Å². The summed E-state index contributed by atoms with van der Waals surface area (Å²) in [6.07, 6.45) is 2.79. The maximum atomic E-state index is 10.7. The third-order valence-corrected chi connectivity index (χ3v) is 4.12. The monoisotopic (exact) mass is 285 g/mol. The minimum Gasteiger partial charge on any atom is -0.383 e. The largest absolute Gasteiger partial charge is 0.383 e. The van der Waals surface area contributed by atoms with Crippen molar-refractivity contribution in [3.8, 4) is 0 Å². The summed E-state index contributed by atoms with van der Waals surface area (Å²) in [6, 6.07) is 7.92. The van der Waals surface area contributed by atoms with Gasteiger partial charge < -0.3 is 5.11 Å². The number of aliphatic hydroxyl groups is 1. The molecule has 1 aromatic carbocycles. The van der Waals surface area contributed by atoms with Gasteiger partial charge in [-0.05, 0) is 22.8 Å². The maximum absolute atomic E-state index is 10.7. The number of fused-ring (bicyclic) bond motifs is 1. The van der Waals surface area contributed by atoms with Crippen molar-refractivity contribution in [2.75, 3.05) is 0 Å². The zero-order valence-corrected chi connectivity index (χ0v) is 12.1. The molecule has 0 aliphatic carbocycles. The first-order chi connectivity index (χ1) is 9.68. The van der Waals surface area contributed by atoms with E-state index in [4.69, 9.17) is 0 Å². The molecule has 0 aliphatic rings. The molecule has 0 aliphatic heterocycles. The Morgan fingerprint density at radius 3 is 2.75 bits per heavy atom. The summed E-state index contributed by atoms with van der Waals surface area (Å²) in [5.41, 5.74) is 1.66. The van der Waals surface area contributed by atoms with E-state index in [9.17, 15) is 5.11 Å². The molecule has 3 rings (SSSR count). The number of rotatable bonds is 3. The Morgan fingerprint density at radius 1 is 1.15 bits per heavy atom. The zero-order chi connectivity index (χ0) is 14.1. The van der Waals surface area contributed by atoms with Crippen LogP contribution in [0.4, 0.5) is 0 Å². The molecule has 102 valence electrons. The van der Waals surface area contributed by atoms with E-state index in [1.807, 2.05) is 38.1 Å². The van der Waals surface area contributed by atoms with Gasteiger partial charge in [-0.1, -0.05) is 42.6 Å². The first-order valence-corrected chi connectivity index (χ1v) is 7.28. The molecule has 0 bridgehead atoms. The lowest BCUT2D eigenvalue weighted by Gasteiger charge is -2.13. The molecule has 1 unspecified atom stereocenters. The van der Waals surface area contributed by atoms with Crippen LogP contribution in [-0.2, 0) is 0 Å². The molecular formula is C15H15N3OS. The van der Waals surface area contributed by atoms with Crippen molar-refractivity contribution in [2.24, 2.45) is 0 Å². The minimum atomic E-state index is -0.731. The van der Waals surface area contributed by atoms with E-state index in [2.05, 4.69) is 14.6 Å². The molecule has 2 heterocycles. The van der Waals surface area contributed by atoms with E-state index < -0.39 is 6.10 Å². The molecular weight excluding hydrogens is 270 g/mol. The minimum absolute atomic E-state index is 0.237. The van der Waals surface area contributed by atoms with Gasteiger partial charge >= 0.3 is 0 Å². The second-order valence-electron chi connectivity index (χ2n) is 5.03. The van der Waals surface area contributed by atoms with E-state index in [0.29, 0.717) is 0 Å². The number of nitrogens with zero attached hydrogens (tertiary/aromatic N) is 3. The smallest absolute Gasteiger partial charge is 0.119 e. The first-order valence-electron chi connectivity index (χ1n) is 6.51. The van der Waals surface area contributed by atoms with Crippen LogP contribution in [0.3, 0.4) is 0 Å². The highest BCUT2D eigenvalue weighted by Gasteiger charge is 2.22. The number of pyridine rings is 1. The molecule has 2 aromatic heterocycles. The quantitative estimate of drug-likeness (QED) is 0.802. The normalized spacial score (nSPS) is 13.0. The molecule has 1 atom stereocenters. The summed E-state index contributed by atoms with van der Waals surface area (Å²) in [6.45, 7) is 4.10. The number of aliphatic hydroxyl groups excluding tert-OH is 1. The first kappa shape index (κ1) is 13.1. The van der Waals surface area contributed by atoms with Gasteiger partial charge in [0.2, 0.25) is 0 Å². The van der Waals surface area contributed by atoms with Gasteiger partial charge in [0.15, 0.2) is 0 Å². The Hall–Kier alpha value is -1.85. The number of aromatic nitrogens is 3. The van der Waals surface area contributed by atoms with Crippen LogP contribution in [0.2, 0.25) is 0 Å². The second-order valence-corrected chi connectivity index (χ2v) is 5.82. The van der Waals surface area contributed by atoms with Crippen molar-refractivity contribution in [3.63, 3.8) is 0 Å². The standard InChI is InChI=1S/C15H15N3OS/c1-9(2)13-15(20-18-17-13)14(19)12-8-16-7-10-5-3-4-6-11(10)12/h3-9,14,19H,1-2H3. The fourth-order valence-corrected chi connectivity index (χ4v) is 3.11. The van der Waals surface area contributed by atoms with Crippen molar-refractivity contribution in [3.05, 3.63) is 52.8 Å². The van der Waals surface area contributed by atoms with E-state index in [0.717, 1.165) is 26.9 Å². The van der Waals surface area contributed by atoms with E-state index >= 15 is 0 Å². The van der Waals surface area contributed by atoms with Gasteiger partial charge in [0.25, 0.3) is 0 Å². The third-order valence-electron chi connectivity index (χ3n) is 3.33. The Labute approximate surface area is 121 Å². The molecule has 0 amide bonds. The number of benzene rings is 1. The highest BCUT2D eigenvalue weighted by molar-refractivity contribution is 7.05. The van der Waals surface area contributed by atoms with Crippen molar-refractivity contribution < 1.29 is 5.11 Å².